The molecule has 0 saturated carbocycles. The molecule has 0 spiro atoms. The molecule has 0 bridgehead atoms. The summed E-state index contributed by atoms with van der Waals surface area (Å²) in [6.45, 7) is 5.76. The second kappa shape index (κ2) is 6.39. The Morgan fingerprint density at radius 1 is 1.19 bits per heavy atom. The van der Waals surface area contributed by atoms with Gasteiger partial charge in [0.1, 0.15) is 11.6 Å². The van der Waals surface area contributed by atoms with Crippen LogP contribution in [0.2, 0.25) is 0 Å². The summed E-state index contributed by atoms with van der Waals surface area (Å²) in [4.78, 5) is 12.1. The van der Waals surface area contributed by atoms with Crippen molar-refractivity contribution in [1.29, 1.82) is 0 Å². The van der Waals surface area contributed by atoms with Gasteiger partial charge in [-0.1, -0.05) is 12.1 Å². The third-order valence-corrected chi connectivity index (χ3v) is 2.94. The molecule has 0 aliphatic rings. The number of halogens is 1. The lowest BCUT2D eigenvalue weighted by atomic mass is 10.1. The minimum absolute atomic E-state index is 0.0272. The monoisotopic (exact) mass is 287 g/mol. The van der Waals surface area contributed by atoms with E-state index < -0.39 is 11.7 Å². The molecule has 0 radical (unpaired) electrons. The predicted octanol–water partition coefficient (Wildman–Crippen LogP) is 4.17. The van der Waals surface area contributed by atoms with Crippen molar-refractivity contribution < 1.29 is 13.9 Å². The van der Waals surface area contributed by atoms with E-state index in [0.717, 1.165) is 11.3 Å². The number of rotatable bonds is 4. The maximum absolute atomic E-state index is 13.6. The van der Waals surface area contributed by atoms with Gasteiger partial charge in [-0.3, -0.25) is 4.79 Å². The summed E-state index contributed by atoms with van der Waals surface area (Å²) in [6.07, 6.45) is 0.0863. The lowest BCUT2D eigenvalue weighted by Crippen LogP contribution is -2.14. The topological polar surface area (TPSA) is 38.3 Å². The average Bonchev–Trinajstić information content (AvgIpc) is 2.41. The highest BCUT2D eigenvalue weighted by atomic mass is 19.1. The van der Waals surface area contributed by atoms with Crippen molar-refractivity contribution in [3.63, 3.8) is 0 Å². The lowest BCUT2D eigenvalue weighted by Gasteiger charge is -2.13. The van der Waals surface area contributed by atoms with Crippen molar-refractivity contribution in [2.24, 2.45) is 0 Å². The maximum atomic E-state index is 13.6. The van der Waals surface area contributed by atoms with Gasteiger partial charge < -0.3 is 10.1 Å². The molecule has 1 amide bonds. The molecule has 0 aliphatic carbocycles. The first kappa shape index (κ1) is 15.0. The number of aryl methyl sites for hydroxylation is 1. The molecule has 2 aromatic rings. The van der Waals surface area contributed by atoms with E-state index in [1.165, 1.54) is 12.1 Å². The molecule has 2 aromatic carbocycles. The van der Waals surface area contributed by atoms with Crippen LogP contribution in [0.3, 0.4) is 0 Å². The van der Waals surface area contributed by atoms with Crippen LogP contribution in [0.1, 0.15) is 29.8 Å². The SMILES string of the molecule is Cc1cc(OC(C)C)ccc1NC(=O)c1ccccc1F. The zero-order valence-electron chi connectivity index (χ0n) is 12.3. The number of nitrogens with one attached hydrogen (secondary N) is 1. The van der Waals surface area contributed by atoms with Gasteiger partial charge in [-0.15, -0.1) is 0 Å². The highest BCUT2D eigenvalue weighted by molar-refractivity contribution is 6.04. The van der Waals surface area contributed by atoms with Gasteiger partial charge in [-0.25, -0.2) is 4.39 Å². The Balaban J connectivity index is 2.17. The maximum Gasteiger partial charge on any atom is 0.258 e. The Bertz CT molecular complexity index is 653. The number of hydrogen-bond acceptors (Lipinski definition) is 2. The van der Waals surface area contributed by atoms with E-state index in [9.17, 15) is 9.18 Å². The molecule has 2 rings (SSSR count). The minimum atomic E-state index is -0.535. The average molecular weight is 287 g/mol. The number of carbonyl (C=O) groups excluding carboxylic acids is 1. The number of benzene rings is 2. The van der Waals surface area contributed by atoms with Crippen molar-refractivity contribution in [2.75, 3.05) is 5.32 Å². The highest BCUT2D eigenvalue weighted by Crippen LogP contribution is 2.23. The van der Waals surface area contributed by atoms with Gasteiger partial charge >= 0.3 is 0 Å². The van der Waals surface area contributed by atoms with E-state index in [4.69, 9.17) is 4.74 Å². The molecule has 110 valence electrons. The van der Waals surface area contributed by atoms with E-state index in [-0.39, 0.29) is 11.7 Å². The fourth-order valence-electron chi connectivity index (χ4n) is 1.96. The van der Waals surface area contributed by atoms with Gasteiger partial charge in [-0.05, 0) is 56.7 Å². The molecular weight excluding hydrogens is 269 g/mol. The summed E-state index contributed by atoms with van der Waals surface area (Å²) < 4.78 is 19.2. The smallest absolute Gasteiger partial charge is 0.258 e. The molecule has 0 unspecified atom stereocenters. The first-order chi connectivity index (χ1) is 9.97. The largest absolute Gasteiger partial charge is 0.491 e. The zero-order chi connectivity index (χ0) is 15.4. The molecule has 1 N–H and O–H groups in total. The molecule has 21 heavy (non-hydrogen) atoms. The Morgan fingerprint density at radius 2 is 1.90 bits per heavy atom. The van der Waals surface area contributed by atoms with Crippen LogP contribution in [0.4, 0.5) is 10.1 Å². The van der Waals surface area contributed by atoms with Crippen LogP contribution in [0.25, 0.3) is 0 Å². The Hall–Kier alpha value is -2.36. The van der Waals surface area contributed by atoms with E-state index in [2.05, 4.69) is 5.32 Å². The fourth-order valence-corrected chi connectivity index (χ4v) is 1.96. The second-order valence-electron chi connectivity index (χ2n) is 5.08. The summed E-state index contributed by atoms with van der Waals surface area (Å²) >= 11 is 0. The van der Waals surface area contributed by atoms with Crippen LogP contribution in [0.15, 0.2) is 42.5 Å². The van der Waals surface area contributed by atoms with E-state index in [0.29, 0.717) is 5.69 Å². The summed E-state index contributed by atoms with van der Waals surface area (Å²) in [5, 5.41) is 2.71. The number of hydrogen-bond donors (Lipinski definition) is 1. The second-order valence-corrected chi connectivity index (χ2v) is 5.08. The standard InChI is InChI=1S/C17H18FNO2/c1-11(2)21-13-8-9-16(12(3)10-13)19-17(20)14-6-4-5-7-15(14)18/h4-11H,1-3H3,(H,19,20). The Labute approximate surface area is 123 Å². The minimum Gasteiger partial charge on any atom is -0.491 e. The quantitative estimate of drug-likeness (QED) is 0.916. The molecule has 0 heterocycles. The van der Waals surface area contributed by atoms with Crippen LogP contribution in [0, 0.1) is 12.7 Å². The predicted molar refractivity (Wildman–Crippen MR) is 81.3 cm³/mol. The summed E-state index contributed by atoms with van der Waals surface area (Å²) in [5.74, 6) is -0.257. The normalized spacial score (nSPS) is 10.5. The molecule has 0 aliphatic heterocycles. The molecule has 0 atom stereocenters. The lowest BCUT2D eigenvalue weighted by molar-refractivity contribution is 0.102. The zero-order valence-corrected chi connectivity index (χ0v) is 12.3. The van der Waals surface area contributed by atoms with Gasteiger partial charge in [0.2, 0.25) is 0 Å². The van der Waals surface area contributed by atoms with Crippen molar-refractivity contribution in [2.45, 2.75) is 26.9 Å². The number of ether oxygens (including phenoxy) is 1. The van der Waals surface area contributed by atoms with E-state index >= 15 is 0 Å². The first-order valence-electron chi connectivity index (χ1n) is 6.80. The Morgan fingerprint density at radius 3 is 2.52 bits per heavy atom. The molecule has 0 saturated heterocycles. The van der Waals surface area contributed by atoms with Crippen molar-refractivity contribution in [1.82, 2.24) is 0 Å². The molecule has 0 fully saturated rings. The molecular formula is C17H18FNO2. The van der Waals surface area contributed by atoms with Crippen molar-refractivity contribution >= 4 is 11.6 Å². The molecule has 4 heteroatoms. The summed E-state index contributed by atoms with van der Waals surface area (Å²) in [5.41, 5.74) is 1.52. The van der Waals surface area contributed by atoms with Crippen LogP contribution in [-0.2, 0) is 0 Å². The number of carbonyl (C=O) groups is 1. The van der Waals surface area contributed by atoms with Crippen LogP contribution >= 0.6 is 0 Å². The summed E-state index contributed by atoms with van der Waals surface area (Å²) in [6, 6.07) is 11.3. The van der Waals surface area contributed by atoms with E-state index in [1.807, 2.05) is 26.8 Å². The van der Waals surface area contributed by atoms with E-state index in [1.54, 1.807) is 24.3 Å². The molecule has 3 nitrogen and oxygen atoms in total. The third kappa shape index (κ3) is 3.81. The van der Waals surface area contributed by atoms with Gasteiger partial charge in [0.05, 0.1) is 11.7 Å². The number of amides is 1. The van der Waals surface area contributed by atoms with Crippen LogP contribution in [0.5, 0.6) is 5.75 Å². The Kier molecular flexibility index (Phi) is 4.58. The number of anilines is 1. The van der Waals surface area contributed by atoms with Gasteiger partial charge in [0, 0.05) is 5.69 Å². The first-order valence-corrected chi connectivity index (χ1v) is 6.80. The van der Waals surface area contributed by atoms with Crippen LogP contribution < -0.4 is 10.1 Å². The van der Waals surface area contributed by atoms with Gasteiger partial charge in [0.25, 0.3) is 5.91 Å². The molecule has 0 aromatic heterocycles. The van der Waals surface area contributed by atoms with Gasteiger partial charge in [0.15, 0.2) is 0 Å². The highest BCUT2D eigenvalue weighted by Gasteiger charge is 2.12. The van der Waals surface area contributed by atoms with Crippen molar-refractivity contribution in [3.05, 3.63) is 59.4 Å². The van der Waals surface area contributed by atoms with Gasteiger partial charge in [-0.2, -0.15) is 0 Å². The van der Waals surface area contributed by atoms with Crippen molar-refractivity contribution in [3.8, 4) is 5.75 Å². The third-order valence-electron chi connectivity index (χ3n) is 2.94. The van der Waals surface area contributed by atoms with Crippen LogP contribution in [-0.4, -0.2) is 12.0 Å². The fraction of sp³-hybridized carbons (Fsp3) is 0.235. The summed E-state index contributed by atoms with van der Waals surface area (Å²) in [7, 11) is 0.